The number of likely N-dealkylation sites (tertiary alicyclic amines) is 1. The van der Waals surface area contributed by atoms with Crippen LogP contribution in [0.4, 0.5) is 5.69 Å². The van der Waals surface area contributed by atoms with Crippen LogP contribution < -0.4 is 10.0 Å². The molecule has 1 aromatic rings. The van der Waals surface area contributed by atoms with Gasteiger partial charge in [-0.3, -0.25) is 14.3 Å². The average molecular weight is 381 g/mol. The monoisotopic (exact) mass is 381 g/mol. The molecule has 1 aliphatic heterocycles. The molecule has 0 aromatic heterocycles. The molecule has 1 saturated heterocycles. The van der Waals surface area contributed by atoms with E-state index in [-0.39, 0.29) is 17.7 Å². The number of hydrogen-bond donors (Lipinski definition) is 2. The van der Waals surface area contributed by atoms with Gasteiger partial charge in [0.15, 0.2) is 0 Å². The predicted molar refractivity (Wildman–Crippen MR) is 101 cm³/mol. The molecule has 0 bridgehead atoms. The highest BCUT2D eigenvalue weighted by atomic mass is 32.2. The summed E-state index contributed by atoms with van der Waals surface area (Å²) >= 11 is 0. The van der Waals surface area contributed by atoms with Crippen molar-refractivity contribution in [2.75, 3.05) is 30.6 Å². The molecular weight excluding hydrogens is 354 g/mol. The number of nitrogens with zero attached hydrogens (tertiary/aromatic N) is 1. The Morgan fingerprint density at radius 2 is 1.88 bits per heavy atom. The molecule has 0 spiro atoms. The van der Waals surface area contributed by atoms with Crippen LogP contribution in [0.5, 0.6) is 0 Å². The fraction of sp³-hybridized carbons (Fsp3) is 0.556. The summed E-state index contributed by atoms with van der Waals surface area (Å²) in [6, 6.07) is 6.44. The topological polar surface area (TPSA) is 95.6 Å². The van der Waals surface area contributed by atoms with Gasteiger partial charge in [-0.05, 0) is 37.0 Å². The van der Waals surface area contributed by atoms with Crippen molar-refractivity contribution >= 4 is 27.5 Å². The molecular formula is C18H27N3O4S. The van der Waals surface area contributed by atoms with Gasteiger partial charge < -0.3 is 10.2 Å². The summed E-state index contributed by atoms with van der Waals surface area (Å²) < 4.78 is 25.0. The number of carbonyl (C=O) groups excluding carboxylic acids is 2. The van der Waals surface area contributed by atoms with Crippen LogP contribution >= 0.6 is 0 Å². The highest BCUT2D eigenvalue weighted by Gasteiger charge is 2.27. The Kier molecular flexibility index (Phi) is 6.63. The summed E-state index contributed by atoms with van der Waals surface area (Å²) in [7, 11) is -3.39. The normalized spacial score (nSPS) is 15.8. The zero-order chi connectivity index (χ0) is 19.3. The minimum atomic E-state index is -3.39. The maximum absolute atomic E-state index is 12.7. The van der Waals surface area contributed by atoms with Crippen LogP contribution in [0.1, 0.15) is 37.0 Å². The maximum atomic E-state index is 12.7. The summed E-state index contributed by atoms with van der Waals surface area (Å²) in [4.78, 5) is 26.5. The zero-order valence-corrected chi connectivity index (χ0v) is 16.3. The van der Waals surface area contributed by atoms with Crippen molar-refractivity contribution in [3.63, 3.8) is 0 Å². The van der Waals surface area contributed by atoms with E-state index in [4.69, 9.17) is 0 Å². The van der Waals surface area contributed by atoms with Crippen LogP contribution in [-0.2, 0) is 14.8 Å². The third-order valence-corrected chi connectivity index (χ3v) is 4.86. The number of anilines is 1. The molecule has 0 radical (unpaired) electrons. The van der Waals surface area contributed by atoms with E-state index in [1.54, 1.807) is 23.1 Å². The molecule has 1 aromatic carbocycles. The third kappa shape index (κ3) is 6.01. The van der Waals surface area contributed by atoms with Gasteiger partial charge in [0.1, 0.15) is 0 Å². The molecule has 8 heteroatoms. The van der Waals surface area contributed by atoms with Gasteiger partial charge in [0.25, 0.3) is 5.91 Å². The molecule has 0 unspecified atom stereocenters. The first-order chi connectivity index (χ1) is 12.2. The summed E-state index contributed by atoms with van der Waals surface area (Å²) in [5.74, 6) is 0.262. The van der Waals surface area contributed by atoms with Crippen molar-refractivity contribution in [3.8, 4) is 0 Å². The van der Waals surface area contributed by atoms with Gasteiger partial charge >= 0.3 is 0 Å². The van der Waals surface area contributed by atoms with Crippen molar-refractivity contribution in [1.29, 1.82) is 0 Å². The minimum Gasteiger partial charge on any atom is -0.356 e. The highest BCUT2D eigenvalue weighted by molar-refractivity contribution is 7.92. The lowest BCUT2D eigenvalue weighted by Gasteiger charge is -2.31. The Morgan fingerprint density at radius 1 is 1.23 bits per heavy atom. The van der Waals surface area contributed by atoms with Crippen molar-refractivity contribution < 1.29 is 18.0 Å². The average Bonchev–Trinajstić information content (AvgIpc) is 2.58. The fourth-order valence-electron chi connectivity index (χ4n) is 2.91. The number of carbonyl (C=O) groups is 2. The number of hydrogen-bond acceptors (Lipinski definition) is 4. The van der Waals surface area contributed by atoms with Gasteiger partial charge in [-0.2, -0.15) is 0 Å². The lowest BCUT2D eigenvalue weighted by atomic mass is 9.95. The van der Waals surface area contributed by atoms with E-state index >= 15 is 0 Å². The second-order valence-electron chi connectivity index (χ2n) is 7.16. The Labute approximate surface area is 155 Å². The molecule has 1 aliphatic rings. The first-order valence-electron chi connectivity index (χ1n) is 8.80. The largest absolute Gasteiger partial charge is 0.356 e. The van der Waals surface area contributed by atoms with Crippen LogP contribution in [0.25, 0.3) is 0 Å². The lowest BCUT2D eigenvalue weighted by Crippen LogP contribution is -2.43. The number of nitrogens with one attached hydrogen (secondary N) is 2. The Balaban J connectivity index is 1.94. The number of amides is 2. The maximum Gasteiger partial charge on any atom is 0.253 e. The molecule has 1 heterocycles. The van der Waals surface area contributed by atoms with Gasteiger partial charge in [-0.15, -0.1) is 0 Å². The molecule has 7 nitrogen and oxygen atoms in total. The molecule has 2 amide bonds. The van der Waals surface area contributed by atoms with Gasteiger partial charge in [0.2, 0.25) is 15.9 Å². The van der Waals surface area contributed by atoms with Crippen LogP contribution in [-0.4, -0.2) is 51.0 Å². The Bertz CT molecular complexity index is 753. The van der Waals surface area contributed by atoms with Crippen LogP contribution in [0.2, 0.25) is 0 Å². The Hall–Kier alpha value is -2.09. The second kappa shape index (κ2) is 8.53. The number of rotatable bonds is 6. The van der Waals surface area contributed by atoms with E-state index in [0.29, 0.717) is 49.6 Å². The second-order valence-corrected chi connectivity index (χ2v) is 8.91. The standard InChI is InChI=1S/C18H27N3O4S/c1-13(2)12-19-17(22)14-7-9-21(10-8-14)18(23)15-5-4-6-16(11-15)20-26(3,24)25/h4-6,11,13-14,20H,7-10,12H2,1-3H3,(H,19,22). The third-order valence-electron chi connectivity index (χ3n) is 4.25. The van der Waals surface area contributed by atoms with Crippen LogP contribution in [0.3, 0.4) is 0 Å². The smallest absolute Gasteiger partial charge is 0.253 e. The van der Waals surface area contributed by atoms with E-state index in [1.165, 1.54) is 6.07 Å². The number of sulfonamides is 1. The molecule has 144 valence electrons. The molecule has 2 N–H and O–H groups in total. The van der Waals surface area contributed by atoms with E-state index in [1.807, 2.05) is 13.8 Å². The quantitative estimate of drug-likeness (QED) is 0.784. The van der Waals surface area contributed by atoms with Gasteiger partial charge in [0, 0.05) is 36.8 Å². The van der Waals surface area contributed by atoms with E-state index in [0.717, 1.165) is 6.26 Å². The first kappa shape index (κ1) is 20.2. The molecule has 0 atom stereocenters. The van der Waals surface area contributed by atoms with E-state index < -0.39 is 10.0 Å². The Morgan fingerprint density at radius 3 is 2.46 bits per heavy atom. The molecule has 2 rings (SSSR count). The summed E-state index contributed by atoms with van der Waals surface area (Å²) in [6.07, 6.45) is 2.34. The van der Waals surface area contributed by atoms with Gasteiger partial charge in [0.05, 0.1) is 6.26 Å². The molecule has 26 heavy (non-hydrogen) atoms. The number of benzene rings is 1. The van der Waals surface area contributed by atoms with Crippen molar-refractivity contribution in [2.24, 2.45) is 11.8 Å². The summed E-state index contributed by atoms with van der Waals surface area (Å²) in [5.41, 5.74) is 0.794. The molecule has 0 aliphatic carbocycles. The number of piperidine rings is 1. The zero-order valence-electron chi connectivity index (χ0n) is 15.5. The van der Waals surface area contributed by atoms with Gasteiger partial charge in [-0.1, -0.05) is 19.9 Å². The first-order valence-corrected chi connectivity index (χ1v) is 10.7. The van der Waals surface area contributed by atoms with Crippen LogP contribution in [0.15, 0.2) is 24.3 Å². The summed E-state index contributed by atoms with van der Waals surface area (Å²) in [6.45, 7) is 5.80. The SMILES string of the molecule is CC(C)CNC(=O)C1CCN(C(=O)c2cccc(NS(C)(=O)=O)c2)CC1. The molecule has 1 fully saturated rings. The highest BCUT2D eigenvalue weighted by Crippen LogP contribution is 2.21. The predicted octanol–water partition coefficient (Wildman–Crippen LogP) is 1.68. The lowest BCUT2D eigenvalue weighted by molar-refractivity contribution is -0.126. The van der Waals surface area contributed by atoms with Crippen molar-refractivity contribution in [1.82, 2.24) is 10.2 Å². The summed E-state index contributed by atoms with van der Waals surface area (Å²) in [5, 5.41) is 2.95. The van der Waals surface area contributed by atoms with E-state index in [2.05, 4.69) is 10.0 Å². The minimum absolute atomic E-state index is 0.0592. The molecule has 0 saturated carbocycles. The van der Waals surface area contributed by atoms with Gasteiger partial charge in [-0.25, -0.2) is 8.42 Å². The van der Waals surface area contributed by atoms with Crippen LogP contribution in [0, 0.1) is 11.8 Å². The van der Waals surface area contributed by atoms with Crippen molar-refractivity contribution in [3.05, 3.63) is 29.8 Å². The fourth-order valence-corrected chi connectivity index (χ4v) is 3.46. The van der Waals surface area contributed by atoms with E-state index in [9.17, 15) is 18.0 Å². The van der Waals surface area contributed by atoms with Crippen molar-refractivity contribution in [2.45, 2.75) is 26.7 Å².